The molecule has 186 valence electrons. The molecule has 2 N–H and O–H groups in total. The molecule has 9 nitrogen and oxygen atoms in total. The van der Waals surface area contributed by atoms with Gasteiger partial charge in [-0.2, -0.15) is 5.10 Å². The molecule has 0 bridgehead atoms. The summed E-state index contributed by atoms with van der Waals surface area (Å²) < 4.78 is 1.83. The number of likely N-dealkylation sites (N-methyl/N-ethyl adjacent to an activating group) is 2. The highest BCUT2D eigenvalue weighted by Crippen LogP contribution is 2.34. The maximum Gasteiger partial charge on any atom is 0.247 e. The molecule has 9 heteroatoms. The van der Waals surface area contributed by atoms with E-state index in [-0.39, 0.29) is 5.91 Å². The van der Waals surface area contributed by atoms with Crippen molar-refractivity contribution in [2.75, 3.05) is 49.8 Å². The molecule has 3 heterocycles. The molecule has 0 radical (unpaired) electrons. The molecule has 0 fully saturated rings. The number of fused-ring (bicyclic) bond motifs is 1. The van der Waals surface area contributed by atoms with Gasteiger partial charge in [-0.1, -0.05) is 6.58 Å². The van der Waals surface area contributed by atoms with E-state index in [9.17, 15) is 4.79 Å². The van der Waals surface area contributed by atoms with E-state index >= 15 is 0 Å². The molecule has 4 rings (SSSR count). The second-order valence-corrected chi connectivity index (χ2v) is 9.00. The van der Waals surface area contributed by atoms with Crippen molar-refractivity contribution < 1.29 is 4.79 Å². The predicted molar refractivity (Wildman–Crippen MR) is 147 cm³/mol. The van der Waals surface area contributed by atoms with Gasteiger partial charge in [-0.25, -0.2) is 4.98 Å². The quantitative estimate of drug-likeness (QED) is 0.344. The number of aryl methyl sites for hydroxylation is 2. The third-order valence-electron chi connectivity index (χ3n) is 5.99. The van der Waals surface area contributed by atoms with E-state index in [1.807, 2.05) is 70.1 Å². The van der Waals surface area contributed by atoms with E-state index < -0.39 is 0 Å². The van der Waals surface area contributed by atoms with Gasteiger partial charge in [0, 0.05) is 50.8 Å². The average Bonchev–Trinajstić information content (AvgIpc) is 3.21. The van der Waals surface area contributed by atoms with Gasteiger partial charge in [-0.05, 0) is 69.1 Å². The van der Waals surface area contributed by atoms with Crippen LogP contribution in [-0.4, -0.2) is 64.8 Å². The molecule has 0 aliphatic carbocycles. The van der Waals surface area contributed by atoms with Gasteiger partial charge < -0.3 is 20.4 Å². The minimum absolute atomic E-state index is 0.262. The van der Waals surface area contributed by atoms with Gasteiger partial charge in [0.1, 0.15) is 17.0 Å². The van der Waals surface area contributed by atoms with Gasteiger partial charge in [0.05, 0.1) is 16.9 Å². The van der Waals surface area contributed by atoms with Crippen LogP contribution in [0, 0.1) is 6.92 Å². The molecule has 1 amide bonds. The second-order valence-electron chi connectivity index (χ2n) is 9.00. The van der Waals surface area contributed by atoms with Crippen molar-refractivity contribution in [2.24, 2.45) is 7.05 Å². The number of carbonyl (C=O) groups excluding carboxylic acids is 1. The number of amides is 1. The Morgan fingerprint density at radius 1 is 1.08 bits per heavy atom. The summed E-state index contributed by atoms with van der Waals surface area (Å²) in [6, 6.07) is 11.8. The molecule has 0 unspecified atom stereocenters. The van der Waals surface area contributed by atoms with Crippen LogP contribution in [0.1, 0.15) is 5.56 Å². The molecular weight excluding hydrogens is 452 g/mol. The predicted octanol–water partition coefficient (Wildman–Crippen LogP) is 4.20. The Morgan fingerprint density at radius 3 is 2.64 bits per heavy atom. The zero-order valence-corrected chi connectivity index (χ0v) is 21.4. The zero-order chi connectivity index (χ0) is 25.8. The van der Waals surface area contributed by atoms with Crippen LogP contribution < -0.4 is 15.5 Å². The lowest BCUT2D eigenvalue weighted by Gasteiger charge is -2.26. The largest absolute Gasteiger partial charge is 0.372 e. The number of benzene rings is 1. The Balaban J connectivity index is 1.67. The Bertz CT molecular complexity index is 1410. The van der Waals surface area contributed by atoms with E-state index in [0.29, 0.717) is 11.5 Å². The fourth-order valence-corrected chi connectivity index (χ4v) is 3.97. The third-order valence-corrected chi connectivity index (χ3v) is 5.99. The summed E-state index contributed by atoms with van der Waals surface area (Å²) >= 11 is 0. The maximum atomic E-state index is 12.2. The summed E-state index contributed by atoms with van der Waals surface area (Å²) in [5, 5.41) is 11.0. The van der Waals surface area contributed by atoms with Gasteiger partial charge >= 0.3 is 0 Å². The normalized spacial score (nSPS) is 11.1. The van der Waals surface area contributed by atoms with E-state index in [2.05, 4.69) is 48.1 Å². The second kappa shape index (κ2) is 10.6. The van der Waals surface area contributed by atoms with E-state index in [1.54, 1.807) is 12.4 Å². The van der Waals surface area contributed by atoms with Gasteiger partial charge in [0.25, 0.3) is 0 Å². The zero-order valence-electron chi connectivity index (χ0n) is 21.4. The highest BCUT2D eigenvalue weighted by atomic mass is 16.1. The van der Waals surface area contributed by atoms with Crippen LogP contribution in [-0.2, 0) is 11.8 Å². The minimum atomic E-state index is -0.262. The number of rotatable bonds is 9. The molecule has 0 aliphatic heterocycles. The Labute approximate surface area is 211 Å². The van der Waals surface area contributed by atoms with E-state index in [0.717, 1.165) is 52.3 Å². The highest BCUT2D eigenvalue weighted by Gasteiger charge is 2.15. The lowest BCUT2D eigenvalue weighted by atomic mass is 10.1. The molecular formula is C27H32N8O. The molecule has 0 aliphatic rings. The van der Waals surface area contributed by atoms with Crippen LogP contribution in [0.15, 0.2) is 61.4 Å². The van der Waals surface area contributed by atoms with Gasteiger partial charge in [0.15, 0.2) is 0 Å². The molecule has 4 aromatic rings. The van der Waals surface area contributed by atoms with Crippen molar-refractivity contribution in [2.45, 2.75) is 6.92 Å². The van der Waals surface area contributed by atoms with Crippen LogP contribution in [0.5, 0.6) is 0 Å². The summed E-state index contributed by atoms with van der Waals surface area (Å²) in [7, 11) is 8.01. The number of pyridine rings is 2. The smallest absolute Gasteiger partial charge is 0.247 e. The summed E-state index contributed by atoms with van der Waals surface area (Å²) in [5.41, 5.74) is 7.01. The molecule has 0 saturated carbocycles. The first-order chi connectivity index (χ1) is 17.3. The van der Waals surface area contributed by atoms with Crippen molar-refractivity contribution in [1.82, 2.24) is 24.6 Å². The number of aromatic nitrogens is 4. The van der Waals surface area contributed by atoms with Crippen LogP contribution in [0.4, 0.5) is 22.9 Å². The number of hydrogen-bond donors (Lipinski definition) is 2. The van der Waals surface area contributed by atoms with E-state index in [1.165, 1.54) is 6.08 Å². The Hall–Kier alpha value is -4.24. The topological polar surface area (TPSA) is 91.2 Å². The number of nitrogens with zero attached hydrogens (tertiary/aromatic N) is 6. The van der Waals surface area contributed by atoms with Crippen LogP contribution in [0.3, 0.4) is 0 Å². The summed E-state index contributed by atoms with van der Waals surface area (Å²) in [6.45, 7) is 7.32. The van der Waals surface area contributed by atoms with Gasteiger partial charge in [-0.15, -0.1) is 0 Å². The molecule has 1 aromatic carbocycles. The fourth-order valence-electron chi connectivity index (χ4n) is 3.97. The first kappa shape index (κ1) is 24.9. The molecule has 36 heavy (non-hydrogen) atoms. The van der Waals surface area contributed by atoms with Gasteiger partial charge in [-0.3, -0.25) is 14.5 Å². The Kier molecular flexibility index (Phi) is 7.30. The fraction of sp³-hybridized carbons (Fsp3) is 0.259. The summed E-state index contributed by atoms with van der Waals surface area (Å²) in [5.74, 6) is 0.404. The van der Waals surface area contributed by atoms with Crippen molar-refractivity contribution in [3.63, 3.8) is 0 Å². The van der Waals surface area contributed by atoms with Crippen LogP contribution in [0.25, 0.3) is 22.3 Å². The molecule has 3 aromatic heterocycles. The standard InChI is InChI=1S/C27H32N8O/c1-7-25(36)31-21-17-20(18(2)15-23(21)34(5)14-13-33(3)4)30-24-16-19(10-12-28-24)26-27-22(35(6)32-26)9-8-11-29-27/h7-12,15-17H,1,13-14H2,2-6H3,(H,28,30)(H,31,36). The highest BCUT2D eigenvalue weighted by molar-refractivity contribution is 6.02. The summed E-state index contributed by atoms with van der Waals surface area (Å²) in [6.07, 6.45) is 4.79. The van der Waals surface area contributed by atoms with Crippen molar-refractivity contribution in [3.05, 3.63) is 67.0 Å². The molecule has 0 saturated heterocycles. The molecule has 0 spiro atoms. The van der Waals surface area contributed by atoms with Gasteiger partial charge in [0.2, 0.25) is 5.91 Å². The minimum Gasteiger partial charge on any atom is -0.372 e. The number of anilines is 4. The lowest BCUT2D eigenvalue weighted by molar-refractivity contribution is -0.111. The van der Waals surface area contributed by atoms with Crippen LogP contribution >= 0.6 is 0 Å². The van der Waals surface area contributed by atoms with Crippen LogP contribution in [0.2, 0.25) is 0 Å². The SMILES string of the molecule is C=CC(=O)Nc1cc(Nc2cc(-c3nn(C)c4cccnc34)ccn2)c(C)cc1N(C)CCN(C)C. The summed E-state index contributed by atoms with van der Waals surface area (Å²) in [4.78, 5) is 25.5. The number of carbonyl (C=O) groups is 1. The average molecular weight is 485 g/mol. The van der Waals surface area contributed by atoms with Crippen molar-refractivity contribution in [1.29, 1.82) is 0 Å². The molecule has 0 atom stereocenters. The lowest BCUT2D eigenvalue weighted by Crippen LogP contribution is -2.29. The first-order valence-corrected chi connectivity index (χ1v) is 11.7. The van der Waals surface area contributed by atoms with E-state index in [4.69, 9.17) is 0 Å². The third kappa shape index (κ3) is 5.36. The number of nitrogens with one attached hydrogen (secondary N) is 2. The monoisotopic (exact) mass is 484 g/mol. The van der Waals surface area contributed by atoms with Crippen molar-refractivity contribution in [3.8, 4) is 11.3 Å². The number of hydrogen-bond acceptors (Lipinski definition) is 7. The Morgan fingerprint density at radius 2 is 1.89 bits per heavy atom. The first-order valence-electron chi connectivity index (χ1n) is 11.7. The van der Waals surface area contributed by atoms with Crippen molar-refractivity contribution >= 4 is 39.8 Å². The maximum absolute atomic E-state index is 12.2.